The van der Waals surface area contributed by atoms with Gasteiger partial charge in [0.1, 0.15) is 5.70 Å². The molecule has 3 rings (SSSR count). The van der Waals surface area contributed by atoms with E-state index in [0.717, 1.165) is 25.7 Å². The summed E-state index contributed by atoms with van der Waals surface area (Å²) in [7, 11) is 0. The predicted octanol–water partition coefficient (Wildman–Crippen LogP) is -0.698. The molecule has 2 fully saturated rings. The number of carboxylic acids is 1. The number of carbonyl (C=O) groups is 2. The molecule has 1 saturated carbocycles. The van der Waals surface area contributed by atoms with Gasteiger partial charge >= 0.3 is 5.97 Å². The van der Waals surface area contributed by atoms with Gasteiger partial charge in [-0.05, 0) is 18.9 Å². The lowest BCUT2D eigenvalue weighted by molar-refractivity contribution is -0.146. The zero-order valence-electron chi connectivity index (χ0n) is 14.2. The van der Waals surface area contributed by atoms with Crippen LogP contribution in [0.3, 0.4) is 0 Å². The molecule has 9 heteroatoms. The van der Waals surface area contributed by atoms with Gasteiger partial charge in [-0.15, -0.1) is 0 Å². The first-order valence-electron chi connectivity index (χ1n) is 8.68. The molecule has 25 heavy (non-hydrogen) atoms. The Kier molecular flexibility index (Phi) is 5.36. The average Bonchev–Trinajstić information content (AvgIpc) is 3.14. The van der Waals surface area contributed by atoms with E-state index in [1.165, 1.54) is 12.3 Å². The van der Waals surface area contributed by atoms with Gasteiger partial charge in [-0.2, -0.15) is 0 Å². The number of primary amides is 1. The molecule has 1 amide bonds. The number of morpholine rings is 1. The Hall–Kier alpha value is -1.97. The standard InChI is InChI=1S/C16H25N5O4/c17-14(22)11-21(12-3-1-2-4-12)16(20-7-9-25-10-8-20)18-6-5-13(19-16)15(23)24/h5-6,12,19H,1-4,7-11H2,(H2,17,22)(H,23,24). The summed E-state index contributed by atoms with van der Waals surface area (Å²) in [5, 5.41) is 12.5. The second-order valence-electron chi connectivity index (χ2n) is 6.56. The fourth-order valence-corrected chi connectivity index (χ4v) is 3.84. The van der Waals surface area contributed by atoms with E-state index in [0.29, 0.717) is 26.3 Å². The SMILES string of the molecule is NC(=O)CN(C1CCCC1)C1(N2CCOCC2)N=CC=C(C(=O)O)N1. The highest BCUT2D eigenvalue weighted by Crippen LogP contribution is 2.33. The van der Waals surface area contributed by atoms with E-state index in [1.54, 1.807) is 0 Å². The van der Waals surface area contributed by atoms with Gasteiger partial charge in [-0.1, -0.05) is 12.8 Å². The molecule has 2 aliphatic heterocycles. The van der Waals surface area contributed by atoms with Crippen molar-refractivity contribution in [3.8, 4) is 0 Å². The second-order valence-corrected chi connectivity index (χ2v) is 6.56. The number of hydrogen-bond acceptors (Lipinski definition) is 7. The lowest BCUT2D eigenvalue weighted by atomic mass is 10.1. The Labute approximate surface area is 146 Å². The fraction of sp³-hybridized carbons (Fsp3) is 0.688. The normalized spacial score (nSPS) is 28.0. The smallest absolute Gasteiger partial charge is 0.352 e. The summed E-state index contributed by atoms with van der Waals surface area (Å²) < 4.78 is 5.43. The average molecular weight is 351 g/mol. The van der Waals surface area contributed by atoms with Crippen molar-refractivity contribution in [2.45, 2.75) is 37.6 Å². The first-order chi connectivity index (χ1) is 12.0. The molecule has 0 aromatic carbocycles. The highest BCUT2D eigenvalue weighted by atomic mass is 16.5. The maximum atomic E-state index is 11.8. The van der Waals surface area contributed by atoms with Gasteiger partial charge in [0.05, 0.1) is 19.8 Å². The molecule has 0 spiro atoms. The molecule has 2 heterocycles. The third kappa shape index (κ3) is 3.68. The van der Waals surface area contributed by atoms with Crippen LogP contribution >= 0.6 is 0 Å². The Balaban J connectivity index is 1.98. The summed E-state index contributed by atoms with van der Waals surface area (Å²) in [6, 6.07) is 0.119. The van der Waals surface area contributed by atoms with Crippen molar-refractivity contribution in [2.24, 2.45) is 10.7 Å². The summed E-state index contributed by atoms with van der Waals surface area (Å²) in [5.74, 6) is -2.65. The first-order valence-corrected chi connectivity index (χ1v) is 8.68. The minimum absolute atomic E-state index is 0.0132. The van der Waals surface area contributed by atoms with Crippen LogP contribution in [0.15, 0.2) is 16.8 Å². The third-order valence-corrected chi connectivity index (χ3v) is 4.97. The third-order valence-electron chi connectivity index (χ3n) is 4.97. The van der Waals surface area contributed by atoms with Crippen LogP contribution in [0.2, 0.25) is 0 Å². The van der Waals surface area contributed by atoms with Crippen LogP contribution in [0.5, 0.6) is 0 Å². The number of aliphatic carboxylic acids is 1. The number of nitrogens with zero attached hydrogens (tertiary/aromatic N) is 3. The van der Waals surface area contributed by atoms with Crippen molar-refractivity contribution >= 4 is 18.1 Å². The number of amides is 1. The number of carboxylic acid groups (broad SMARTS) is 1. The Morgan fingerprint density at radius 3 is 2.68 bits per heavy atom. The van der Waals surface area contributed by atoms with E-state index < -0.39 is 17.8 Å². The van der Waals surface area contributed by atoms with Crippen LogP contribution < -0.4 is 11.1 Å². The van der Waals surface area contributed by atoms with Crippen LogP contribution in [-0.4, -0.2) is 77.8 Å². The molecule has 9 nitrogen and oxygen atoms in total. The lowest BCUT2D eigenvalue weighted by Gasteiger charge is -2.51. The number of rotatable bonds is 6. The van der Waals surface area contributed by atoms with E-state index >= 15 is 0 Å². The van der Waals surface area contributed by atoms with E-state index in [-0.39, 0.29) is 18.3 Å². The van der Waals surface area contributed by atoms with E-state index in [4.69, 9.17) is 10.5 Å². The monoisotopic (exact) mass is 351 g/mol. The van der Waals surface area contributed by atoms with Crippen molar-refractivity contribution in [2.75, 3.05) is 32.8 Å². The fourth-order valence-electron chi connectivity index (χ4n) is 3.84. The zero-order valence-corrected chi connectivity index (χ0v) is 14.2. The molecule has 138 valence electrons. The molecule has 0 radical (unpaired) electrons. The molecule has 1 atom stereocenters. The molecule has 1 aliphatic carbocycles. The Bertz CT molecular complexity index is 581. The van der Waals surface area contributed by atoms with Crippen molar-refractivity contribution < 1.29 is 19.4 Å². The molecule has 4 N–H and O–H groups in total. The number of nitrogens with one attached hydrogen (secondary N) is 1. The quantitative estimate of drug-likeness (QED) is 0.579. The molecule has 0 bridgehead atoms. The van der Waals surface area contributed by atoms with Crippen molar-refractivity contribution in [3.63, 3.8) is 0 Å². The Morgan fingerprint density at radius 1 is 1.40 bits per heavy atom. The van der Waals surface area contributed by atoms with E-state index in [2.05, 4.69) is 10.3 Å². The van der Waals surface area contributed by atoms with Gasteiger partial charge in [0.25, 0.3) is 5.91 Å². The van der Waals surface area contributed by atoms with Crippen LogP contribution in [0.25, 0.3) is 0 Å². The van der Waals surface area contributed by atoms with Crippen LogP contribution in [0.4, 0.5) is 0 Å². The van der Waals surface area contributed by atoms with Gasteiger partial charge in [-0.25, -0.2) is 19.6 Å². The van der Waals surface area contributed by atoms with Crippen molar-refractivity contribution in [1.82, 2.24) is 15.1 Å². The van der Waals surface area contributed by atoms with Crippen LogP contribution in [-0.2, 0) is 14.3 Å². The number of ether oxygens (including phenoxy) is 1. The molecular formula is C16H25N5O4. The number of nitrogens with two attached hydrogens (primary N) is 1. The van der Waals surface area contributed by atoms with Gasteiger partial charge < -0.3 is 20.9 Å². The molecular weight excluding hydrogens is 326 g/mol. The van der Waals surface area contributed by atoms with Gasteiger partial charge in [0, 0.05) is 25.3 Å². The number of aliphatic imine (C=N–C) groups is 1. The van der Waals surface area contributed by atoms with E-state index in [9.17, 15) is 14.7 Å². The minimum Gasteiger partial charge on any atom is -0.477 e. The molecule has 0 aromatic rings. The highest BCUT2D eigenvalue weighted by molar-refractivity contribution is 5.92. The van der Waals surface area contributed by atoms with Gasteiger partial charge in [-0.3, -0.25) is 4.79 Å². The molecule has 3 aliphatic rings. The van der Waals surface area contributed by atoms with Gasteiger partial charge in [0.2, 0.25) is 5.91 Å². The maximum Gasteiger partial charge on any atom is 0.352 e. The highest BCUT2D eigenvalue weighted by Gasteiger charge is 2.48. The van der Waals surface area contributed by atoms with Crippen LogP contribution in [0.1, 0.15) is 25.7 Å². The largest absolute Gasteiger partial charge is 0.477 e. The number of carbonyl (C=O) groups excluding carboxylic acids is 1. The minimum atomic E-state index is -1.13. The Morgan fingerprint density at radius 2 is 2.08 bits per heavy atom. The summed E-state index contributed by atoms with van der Waals surface area (Å²) >= 11 is 0. The first kappa shape index (κ1) is 17.8. The van der Waals surface area contributed by atoms with Crippen molar-refractivity contribution in [3.05, 3.63) is 11.8 Å². The van der Waals surface area contributed by atoms with E-state index in [1.807, 2.05) is 9.80 Å². The zero-order chi connectivity index (χ0) is 17.9. The number of allylic oxidation sites excluding steroid dienone is 1. The summed E-state index contributed by atoms with van der Waals surface area (Å²) in [4.78, 5) is 31.9. The van der Waals surface area contributed by atoms with Crippen LogP contribution in [0, 0.1) is 0 Å². The molecule has 0 aromatic heterocycles. The lowest BCUT2D eigenvalue weighted by Crippen LogP contribution is -2.72. The molecule has 1 saturated heterocycles. The summed E-state index contributed by atoms with van der Waals surface area (Å²) in [6.45, 7) is 2.23. The maximum absolute atomic E-state index is 11.8. The number of hydrogen-bond donors (Lipinski definition) is 3. The summed E-state index contributed by atoms with van der Waals surface area (Å²) in [5.41, 5.74) is 5.57. The molecule has 1 unspecified atom stereocenters. The summed E-state index contributed by atoms with van der Waals surface area (Å²) in [6.07, 6.45) is 6.94. The van der Waals surface area contributed by atoms with Gasteiger partial charge in [0.15, 0.2) is 0 Å². The van der Waals surface area contributed by atoms with Crippen molar-refractivity contribution in [1.29, 1.82) is 0 Å². The second kappa shape index (κ2) is 7.51. The topological polar surface area (TPSA) is 120 Å². The predicted molar refractivity (Wildman–Crippen MR) is 90.6 cm³/mol.